The first kappa shape index (κ1) is 26.7. The van der Waals surface area contributed by atoms with Crippen molar-refractivity contribution in [2.24, 2.45) is 17.6 Å². The van der Waals surface area contributed by atoms with E-state index in [-0.39, 0.29) is 11.9 Å². The Hall–Kier alpha value is -2.92. The van der Waals surface area contributed by atoms with Crippen molar-refractivity contribution in [1.82, 2.24) is 10.8 Å². The summed E-state index contributed by atoms with van der Waals surface area (Å²) < 4.78 is 41.4. The van der Waals surface area contributed by atoms with Gasteiger partial charge in [0, 0.05) is 19.0 Å². The average Bonchev–Trinajstić information content (AvgIpc) is 3.41. The van der Waals surface area contributed by atoms with Crippen LogP contribution in [0.5, 0.6) is 0 Å². The van der Waals surface area contributed by atoms with Crippen LogP contribution in [-0.2, 0) is 30.4 Å². The number of aryl methyl sites for hydroxylation is 1. The van der Waals surface area contributed by atoms with Gasteiger partial charge in [0.05, 0.1) is 6.04 Å². The molecule has 0 unspecified atom stereocenters. The first-order valence-electron chi connectivity index (χ1n) is 11.5. The molecule has 8 nitrogen and oxygen atoms in total. The van der Waals surface area contributed by atoms with Crippen LogP contribution in [0, 0.1) is 11.8 Å². The molecular weight excluding hydrogens is 467 g/mol. The van der Waals surface area contributed by atoms with Gasteiger partial charge in [-0.3, -0.25) is 10.5 Å². The Bertz CT molecular complexity index is 936. The molecule has 1 aromatic carbocycles. The Morgan fingerprint density at radius 3 is 2.46 bits per heavy atom. The minimum Gasteiger partial charge on any atom is -0.426 e. The molecule has 35 heavy (non-hydrogen) atoms. The van der Waals surface area contributed by atoms with E-state index in [0.29, 0.717) is 24.7 Å². The van der Waals surface area contributed by atoms with Crippen molar-refractivity contribution in [3.8, 4) is 0 Å². The van der Waals surface area contributed by atoms with Gasteiger partial charge >= 0.3 is 18.1 Å². The average molecular weight is 498 g/mol. The number of hydroxylamine groups is 1. The smallest absolute Gasteiger partial charge is 0.426 e. The summed E-state index contributed by atoms with van der Waals surface area (Å²) in [6, 6.07) is 8.89. The van der Waals surface area contributed by atoms with E-state index in [9.17, 15) is 27.6 Å². The summed E-state index contributed by atoms with van der Waals surface area (Å²) >= 11 is 0. The number of amides is 1. The maximum Gasteiger partial charge on any atom is 0.491 e. The van der Waals surface area contributed by atoms with Crippen molar-refractivity contribution < 1.29 is 37.1 Å². The summed E-state index contributed by atoms with van der Waals surface area (Å²) in [7, 11) is 0. The Balaban J connectivity index is 1.58. The number of carbonyl (C=O) groups is 3. The molecule has 2 aliphatic carbocycles. The Morgan fingerprint density at radius 2 is 1.86 bits per heavy atom. The van der Waals surface area contributed by atoms with Crippen LogP contribution in [0.25, 0.3) is 0 Å². The predicted molar refractivity (Wildman–Crippen MR) is 119 cm³/mol. The summed E-state index contributed by atoms with van der Waals surface area (Å²) in [6.45, 7) is 0.776. The first-order chi connectivity index (χ1) is 16.4. The highest BCUT2D eigenvalue weighted by molar-refractivity contribution is 5.88. The molecule has 2 fully saturated rings. The van der Waals surface area contributed by atoms with Gasteiger partial charge in [0.25, 0.3) is 5.72 Å². The number of fused-ring (bicyclic) bond motifs is 2. The number of alkyl halides is 3. The monoisotopic (exact) mass is 497 g/mol. The lowest BCUT2D eigenvalue weighted by atomic mass is 9.95. The molecule has 3 rings (SSSR count). The molecule has 11 heteroatoms. The van der Waals surface area contributed by atoms with Gasteiger partial charge in [0.2, 0.25) is 5.91 Å². The van der Waals surface area contributed by atoms with Crippen LogP contribution in [0.1, 0.15) is 44.6 Å². The molecule has 5 atom stereocenters. The molecule has 1 amide bonds. The molecule has 2 aliphatic rings. The summed E-state index contributed by atoms with van der Waals surface area (Å²) in [5.74, 6) is -3.14. The number of nitrogens with two attached hydrogens (primary N) is 1. The summed E-state index contributed by atoms with van der Waals surface area (Å²) in [6.07, 6.45) is 2.92. The quantitative estimate of drug-likeness (QED) is 0.197. The van der Waals surface area contributed by atoms with Gasteiger partial charge in [-0.25, -0.2) is 9.59 Å². The second-order valence-electron chi connectivity index (χ2n) is 9.28. The van der Waals surface area contributed by atoms with E-state index >= 15 is 0 Å². The van der Waals surface area contributed by atoms with Crippen molar-refractivity contribution in [2.75, 3.05) is 0 Å². The van der Waals surface area contributed by atoms with Crippen LogP contribution in [0.4, 0.5) is 13.2 Å². The number of halogens is 3. The fourth-order valence-electron chi connectivity index (χ4n) is 4.54. The van der Waals surface area contributed by atoms with Gasteiger partial charge in [-0.1, -0.05) is 42.8 Å². The van der Waals surface area contributed by atoms with Crippen LogP contribution < -0.4 is 16.5 Å². The van der Waals surface area contributed by atoms with Gasteiger partial charge in [0.15, 0.2) is 0 Å². The highest BCUT2D eigenvalue weighted by Crippen LogP contribution is 2.44. The minimum absolute atomic E-state index is 0.153. The summed E-state index contributed by atoms with van der Waals surface area (Å²) in [5.41, 5.74) is 6.15. The van der Waals surface area contributed by atoms with Crippen molar-refractivity contribution >= 4 is 17.8 Å². The normalized spacial score (nSPS) is 24.1. The number of ether oxygens (including phenoxy) is 1. The lowest BCUT2D eigenvalue weighted by Crippen LogP contribution is -2.53. The Morgan fingerprint density at radius 1 is 1.14 bits per heavy atom. The Labute approximate surface area is 201 Å². The van der Waals surface area contributed by atoms with E-state index in [2.05, 4.69) is 15.5 Å². The van der Waals surface area contributed by atoms with Crippen molar-refractivity contribution in [3.05, 3.63) is 48.0 Å². The molecule has 0 saturated heterocycles. The molecular formula is C24H30F3N3O5. The standard InChI is InChI=1S/C24H30F3N3O5/c1-23(28,34-22(33)24(25,26)27)21(32)35-30-18(10-8-15-5-3-2-4-6-15)11-12-20(31)29-19-14-16-7-9-17(19)13-16/h2-6,11-12,16-19,30H,7-10,13-14,28H2,1H3,(H,29,31)/b12-11+/t16-,17+,18+,19+,23+/m1/s1. The largest absolute Gasteiger partial charge is 0.491 e. The molecule has 1 aromatic rings. The molecule has 0 radical (unpaired) electrons. The molecule has 2 saturated carbocycles. The first-order valence-corrected chi connectivity index (χ1v) is 11.5. The third kappa shape index (κ3) is 7.79. The van der Waals surface area contributed by atoms with Crippen LogP contribution in [0.2, 0.25) is 0 Å². The van der Waals surface area contributed by atoms with Crippen molar-refractivity contribution in [1.29, 1.82) is 0 Å². The molecule has 192 valence electrons. The van der Waals surface area contributed by atoms with Crippen LogP contribution in [0.3, 0.4) is 0 Å². The van der Waals surface area contributed by atoms with Gasteiger partial charge in [-0.15, -0.1) is 5.48 Å². The minimum atomic E-state index is -5.32. The molecule has 0 aliphatic heterocycles. The van der Waals surface area contributed by atoms with Crippen LogP contribution in [0.15, 0.2) is 42.5 Å². The van der Waals surface area contributed by atoms with Crippen molar-refractivity contribution in [3.63, 3.8) is 0 Å². The zero-order valence-electron chi connectivity index (χ0n) is 19.3. The number of esters is 1. The molecule has 0 aromatic heterocycles. The van der Waals surface area contributed by atoms with E-state index in [1.54, 1.807) is 0 Å². The fourth-order valence-corrected chi connectivity index (χ4v) is 4.54. The Kier molecular flexibility index (Phi) is 8.55. The second-order valence-corrected chi connectivity index (χ2v) is 9.28. The number of rotatable bonds is 10. The number of nitrogens with one attached hydrogen (secondary N) is 2. The topological polar surface area (TPSA) is 120 Å². The van der Waals surface area contributed by atoms with Gasteiger partial charge < -0.3 is 14.9 Å². The zero-order valence-corrected chi connectivity index (χ0v) is 19.3. The maximum atomic E-state index is 12.4. The maximum absolute atomic E-state index is 12.4. The van der Waals surface area contributed by atoms with E-state index in [4.69, 9.17) is 10.6 Å². The number of hydrogen-bond acceptors (Lipinski definition) is 7. The third-order valence-corrected chi connectivity index (χ3v) is 6.38. The lowest BCUT2D eigenvalue weighted by molar-refractivity contribution is -0.219. The highest BCUT2D eigenvalue weighted by atomic mass is 19.4. The SMILES string of the molecule is C[C@](N)(OC(=O)C(F)(F)F)C(=O)ON[C@H](/C=C/C(=O)N[C@H]1C[C@@H]2CC[C@H]1C2)CCc1ccccc1. The second kappa shape index (κ2) is 11.2. The number of hydrogen-bond donors (Lipinski definition) is 3. The van der Waals surface area contributed by atoms with Gasteiger partial charge in [-0.05, 0) is 49.5 Å². The third-order valence-electron chi connectivity index (χ3n) is 6.38. The lowest BCUT2D eigenvalue weighted by Gasteiger charge is -2.24. The summed E-state index contributed by atoms with van der Waals surface area (Å²) in [4.78, 5) is 40.5. The number of carbonyl (C=O) groups excluding carboxylic acids is 3. The van der Waals surface area contributed by atoms with E-state index in [1.807, 2.05) is 30.3 Å². The molecule has 0 heterocycles. The van der Waals surface area contributed by atoms with E-state index < -0.39 is 29.9 Å². The molecule has 0 spiro atoms. The van der Waals surface area contributed by atoms with Crippen LogP contribution >= 0.6 is 0 Å². The predicted octanol–water partition coefficient (Wildman–Crippen LogP) is 2.68. The molecule has 4 N–H and O–H groups in total. The highest BCUT2D eigenvalue weighted by Gasteiger charge is 2.47. The van der Waals surface area contributed by atoms with Crippen molar-refractivity contribution in [2.45, 2.75) is 69.4 Å². The molecule has 2 bridgehead atoms. The number of benzene rings is 1. The summed E-state index contributed by atoms with van der Waals surface area (Å²) in [5, 5.41) is 3.02. The zero-order chi connectivity index (χ0) is 25.6. The van der Waals surface area contributed by atoms with E-state index in [1.165, 1.54) is 18.6 Å². The van der Waals surface area contributed by atoms with E-state index in [0.717, 1.165) is 31.7 Å². The van der Waals surface area contributed by atoms with Gasteiger partial charge in [-0.2, -0.15) is 13.2 Å². The van der Waals surface area contributed by atoms with Gasteiger partial charge in [0.1, 0.15) is 0 Å². The fraction of sp³-hybridized carbons (Fsp3) is 0.542. The van der Waals surface area contributed by atoms with Crippen LogP contribution in [-0.4, -0.2) is 41.8 Å².